The van der Waals surface area contributed by atoms with Gasteiger partial charge in [-0.25, -0.2) is 0 Å². The first kappa shape index (κ1) is 19.0. The molecule has 0 amide bonds. The summed E-state index contributed by atoms with van der Waals surface area (Å²) in [4.78, 5) is 35.9. The minimum absolute atomic E-state index is 0.0952. The van der Waals surface area contributed by atoms with Crippen LogP contribution in [0.1, 0.15) is 35.9 Å². The Morgan fingerprint density at radius 2 is 1.71 bits per heavy atom. The van der Waals surface area contributed by atoms with Crippen molar-refractivity contribution in [3.8, 4) is 28.7 Å². The van der Waals surface area contributed by atoms with E-state index >= 15 is 0 Å². The molecular formula is C19H16O9. The Morgan fingerprint density at radius 1 is 1.00 bits per heavy atom. The van der Waals surface area contributed by atoms with E-state index in [2.05, 4.69) is 0 Å². The molecule has 2 aromatic carbocycles. The van der Waals surface area contributed by atoms with Crippen LogP contribution in [0.5, 0.6) is 28.7 Å². The zero-order valence-corrected chi connectivity index (χ0v) is 14.8. The van der Waals surface area contributed by atoms with Crippen LogP contribution in [0.25, 0.3) is 0 Å². The Kier molecular flexibility index (Phi) is 4.83. The Balaban J connectivity index is 2.15. The second-order valence-electron chi connectivity index (χ2n) is 6.09. The summed E-state index contributed by atoms with van der Waals surface area (Å²) in [7, 11) is 0. The largest absolute Gasteiger partial charge is 0.508 e. The second-order valence-corrected chi connectivity index (χ2v) is 6.09. The minimum atomic E-state index is -1.45. The van der Waals surface area contributed by atoms with Crippen molar-refractivity contribution in [1.82, 2.24) is 0 Å². The number of Topliss-reactive ketones (excluding diaryl/α,β-unsaturated/α-hetero) is 1. The maximum atomic E-state index is 13.1. The highest BCUT2D eigenvalue weighted by Crippen LogP contribution is 2.44. The van der Waals surface area contributed by atoms with E-state index in [-0.39, 0.29) is 34.1 Å². The summed E-state index contributed by atoms with van der Waals surface area (Å²) in [6, 6.07) is 5.94. The van der Waals surface area contributed by atoms with Crippen molar-refractivity contribution in [3.63, 3.8) is 0 Å². The van der Waals surface area contributed by atoms with E-state index in [0.717, 1.165) is 32.0 Å². The number of aromatic hydroxyl groups is 3. The van der Waals surface area contributed by atoms with Crippen LogP contribution in [-0.4, -0.2) is 39.1 Å². The molecule has 3 rings (SSSR count). The van der Waals surface area contributed by atoms with Crippen molar-refractivity contribution in [2.45, 2.75) is 26.1 Å². The fourth-order valence-corrected chi connectivity index (χ4v) is 2.88. The van der Waals surface area contributed by atoms with E-state index < -0.39 is 35.7 Å². The van der Waals surface area contributed by atoms with E-state index in [9.17, 15) is 29.7 Å². The molecule has 9 heteroatoms. The van der Waals surface area contributed by atoms with Crippen LogP contribution in [-0.2, 0) is 14.3 Å². The summed E-state index contributed by atoms with van der Waals surface area (Å²) < 4.78 is 15.9. The van der Waals surface area contributed by atoms with Crippen molar-refractivity contribution in [2.24, 2.45) is 0 Å². The lowest BCUT2D eigenvalue weighted by Crippen LogP contribution is -2.39. The molecule has 0 saturated heterocycles. The molecule has 0 aliphatic carbocycles. The van der Waals surface area contributed by atoms with Gasteiger partial charge < -0.3 is 29.5 Å². The van der Waals surface area contributed by atoms with Gasteiger partial charge in [0.15, 0.2) is 17.6 Å². The topological polar surface area (TPSA) is 140 Å². The third-order valence-corrected chi connectivity index (χ3v) is 3.96. The molecule has 1 heterocycles. The predicted octanol–water partition coefficient (Wildman–Crippen LogP) is 1.98. The highest BCUT2D eigenvalue weighted by Gasteiger charge is 2.43. The SMILES string of the molecule is CC(=O)Oc1cc(O)cc2c1C(=O)[C@H](OC(C)=O)[C@@H](c1ccc(O)c(O)c1)O2. The van der Waals surface area contributed by atoms with E-state index in [1.807, 2.05) is 0 Å². The van der Waals surface area contributed by atoms with Gasteiger partial charge in [0.25, 0.3) is 0 Å². The Hall–Kier alpha value is -3.75. The Labute approximate surface area is 158 Å². The van der Waals surface area contributed by atoms with E-state index in [1.165, 1.54) is 12.1 Å². The molecule has 0 saturated carbocycles. The van der Waals surface area contributed by atoms with Crippen molar-refractivity contribution in [2.75, 3.05) is 0 Å². The van der Waals surface area contributed by atoms with Crippen molar-refractivity contribution in [1.29, 1.82) is 0 Å². The van der Waals surface area contributed by atoms with E-state index in [0.29, 0.717) is 0 Å². The number of benzene rings is 2. The number of carbonyl (C=O) groups is 3. The number of phenolic OH excluding ortho intramolecular Hbond substituents is 3. The van der Waals surface area contributed by atoms with Gasteiger partial charge in [-0.3, -0.25) is 14.4 Å². The summed E-state index contributed by atoms with van der Waals surface area (Å²) in [6.07, 6.45) is -2.63. The minimum Gasteiger partial charge on any atom is -0.508 e. The van der Waals surface area contributed by atoms with Crippen LogP contribution in [0.3, 0.4) is 0 Å². The Morgan fingerprint density at radius 3 is 2.32 bits per heavy atom. The van der Waals surface area contributed by atoms with Gasteiger partial charge in [0.2, 0.25) is 11.9 Å². The number of hydrogen-bond acceptors (Lipinski definition) is 9. The lowest BCUT2D eigenvalue weighted by molar-refractivity contribution is -0.149. The lowest BCUT2D eigenvalue weighted by Gasteiger charge is -2.32. The summed E-state index contributed by atoms with van der Waals surface area (Å²) in [5.41, 5.74) is 0.0661. The van der Waals surface area contributed by atoms with Crippen molar-refractivity contribution < 1.29 is 43.9 Å². The van der Waals surface area contributed by atoms with Gasteiger partial charge >= 0.3 is 11.9 Å². The molecule has 28 heavy (non-hydrogen) atoms. The molecule has 0 spiro atoms. The maximum Gasteiger partial charge on any atom is 0.308 e. The molecule has 2 aromatic rings. The number of esters is 2. The molecule has 146 valence electrons. The second kappa shape index (κ2) is 7.10. The van der Waals surface area contributed by atoms with Crippen molar-refractivity contribution in [3.05, 3.63) is 41.5 Å². The highest BCUT2D eigenvalue weighted by atomic mass is 16.6. The molecule has 1 aliphatic rings. The smallest absolute Gasteiger partial charge is 0.308 e. The van der Waals surface area contributed by atoms with Crippen LogP contribution in [0.2, 0.25) is 0 Å². The molecule has 0 bridgehead atoms. The molecule has 0 radical (unpaired) electrons. The fourth-order valence-electron chi connectivity index (χ4n) is 2.88. The summed E-state index contributed by atoms with van der Waals surface area (Å²) in [5, 5.41) is 29.1. The first-order chi connectivity index (χ1) is 13.2. The first-order valence-corrected chi connectivity index (χ1v) is 8.12. The quantitative estimate of drug-likeness (QED) is 0.409. The first-order valence-electron chi connectivity index (χ1n) is 8.12. The van der Waals surface area contributed by atoms with Crippen LogP contribution in [0.4, 0.5) is 0 Å². The molecule has 0 aromatic heterocycles. The van der Waals surface area contributed by atoms with Gasteiger partial charge in [0.05, 0.1) is 0 Å². The van der Waals surface area contributed by atoms with Gasteiger partial charge in [-0.2, -0.15) is 0 Å². The zero-order chi connectivity index (χ0) is 20.6. The number of hydrogen-bond donors (Lipinski definition) is 3. The summed E-state index contributed by atoms with van der Waals surface area (Å²) in [6.45, 7) is 2.23. The van der Waals surface area contributed by atoms with Crippen molar-refractivity contribution >= 4 is 17.7 Å². The summed E-state index contributed by atoms with van der Waals surface area (Å²) >= 11 is 0. The maximum absolute atomic E-state index is 13.1. The third-order valence-electron chi connectivity index (χ3n) is 3.96. The summed E-state index contributed by atoms with van der Waals surface area (Å²) in [5.74, 6) is -3.70. The fraction of sp³-hybridized carbons (Fsp3) is 0.211. The number of ether oxygens (including phenoxy) is 3. The molecule has 3 N–H and O–H groups in total. The van der Waals surface area contributed by atoms with Crippen LogP contribution >= 0.6 is 0 Å². The van der Waals surface area contributed by atoms with Gasteiger partial charge in [0.1, 0.15) is 22.8 Å². The van der Waals surface area contributed by atoms with Gasteiger partial charge in [-0.1, -0.05) is 6.07 Å². The van der Waals surface area contributed by atoms with Gasteiger partial charge in [-0.15, -0.1) is 0 Å². The highest BCUT2D eigenvalue weighted by molar-refractivity contribution is 6.07. The van der Waals surface area contributed by atoms with Crippen LogP contribution in [0.15, 0.2) is 30.3 Å². The molecule has 0 fully saturated rings. The van der Waals surface area contributed by atoms with E-state index in [1.54, 1.807) is 0 Å². The number of fused-ring (bicyclic) bond motifs is 1. The number of carbonyl (C=O) groups excluding carboxylic acids is 3. The molecule has 2 atom stereocenters. The molecular weight excluding hydrogens is 372 g/mol. The number of rotatable bonds is 3. The zero-order valence-electron chi connectivity index (χ0n) is 14.8. The molecule has 9 nitrogen and oxygen atoms in total. The van der Waals surface area contributed by atoms with E-state index in [4.69, 9.17) is 14.2 Å². The van der Waals surface area contributed by atoms with Gasteiger partial charge in [0, 0.05) is 31.5 Å². The molecule has 0 unspecified atom stereocenters. The average Bonchev–Trinajstić information content (AvgIpc) is 2.58. The normalized spacial score (nSPS) is 18.0. The standard InChI is InChI=1S/C19H16O9/c1-8(20)26-14-6-11(22)7-15-16(14)17(25)19(27-9(2)21)18(28-15)10-3-4-12(23)13(24)5-10/h3-7,18-19,22-24H,1-2H3/t18-,19+/m1/s1. The Bertz CT molecular complexity index is 980. The lowest BCUT2D eigenvalue weighted by atomic mass is 9.92. The van der Waals surface area contributed by atoms with Crippen LogP contribution < -0.4 is 9.47 Å². The predicted molar refractivity (Wildman–Crippen MR) is 92.4 cm³/mol. The average molecular weight is 388 g/mol. The van der Waals surface area contributed by atoms with Crippen LogP contribution in [0, 0.1) is 0 Å². The number of ketones is 1. The monoisotopic (exact) mass is 388 g/mol. The molecule has 1 aliphatic heterocycles. The number of phenols is 3. The third kappa shape index (κ3) is 3.54. The van der Waals surface area contributed by atoms with Gasteiger partial charge in [-0.05, 0) is 12.1 Å².